The summed E-state index contributed by atoms with van der Waals surface area (Å²) in [5.74, 6) is 2.33. The Morgan fingerprint density at radius 1 is 1.05 bits per heavy atom. The molecule has 0 unspecified atom stereocenters. The summed E-state index contributed by atoms with van der Waals surface area (Å²) in [6.07, 6.45) is 2.02. The van der Waals surface area contributed by atoms with Gasteiger partial charge in [0.25, 0.3) is 0 Å². The quantitative estimate of drug-likeness (QED) is 0.668. The molecule has 5 nitrogen and oxygen atoms in total. The van der Waals surface area contributed by atoms with E-state index in [0.717, 1.165) is 34.1 Å². The Hall–Kier alpha value is -2.56. The number of hydrogen-bond donors (Lipinski definition) is 0. The number of nitrogens with zero attached hydrogens (tertiary/aromatic N) is 3. The van der Waals surface area contributed by atoms with Crippen LogP contribution in [0.3, 0.4) is 0 Å². The van der Waals surface area contributed by atoms with Gasteiger partial charge in [-0.05, 0) is 36.8 Å². The molecule has 0 radical (unpaired) electrons. The van der Waals surface area contributed by atoms with Gasteiger partial charge in [0.2, 0.25) is 6.79 Å². The molecule has 0 bridgehead atoms. The minimum absolute atomic E-state index is 0.276. The zero-order valence-corrected chi connectivity index (χ0v) is 10.3. The van der Waals surface area contributed by atoms with Crippen LogP contribution in [0.1, 0.15) is 5.56 Å². The van der Waals surface area contributed by atoms with Gasteiger partial charge >= 0.3 is 0 Å². The normalized spacial score (nSPS) is 13.1. The molecule has 5 heteroatoms. The average molecular weight is 253 g/mol. The van der Waals surface area contributed by atoms with Crippen molar-refractivity contribution in [2.75, 3.05) is 6.79 Å². The first-order chi connectivity index (χ1) is 9.31. The van der Waals surface area contributed by atoms with E-state index in [4.69, 9.17) is 9.47 Å². The monoisotopic (exact) mass is 253 g/mol. The van der Waals surface area contributed by atoms with Gasteiger partial charge in [-0.1, -0.05) is 6.07 Å². The smallest absolute Gasteiger partial charge is 0.231 e. The molecule has 0 N–H and O–H groups in total. The lowest BCUT2D eigenvalue weighted by atomic mass is 10.2. The number of ether oxygens (including phenoxy) is 2. The number of fused-ring (bicyclic) bond motifs is 2. The van der Waals surface area contributed by atoms with Gasteiger partial charge in [-0.15, -0.1) is 10.2 Å². The third-order valence-corrected chi connectivity index (χ3v) is 3.18. The van der Waals surface area contributed by atoms with Gasteiger partial charge in [0.05, 0.1) is 0 Å². The Labute approximate surface area is 109 Å². The van der Waals surface area contributed by atoms with Gasteiger partial charge in [-0.25, -0.2) is 0 Å². The van der Waals surface area contributed by atoms with Crippen molar-refractivity contribution in [2.45, 2.75) is 6.92 Å². The summed E-state index contributed by atoms with van der Waals surface area (Å²) >= 11 is 0. The summed E-state index contributed by atoms with van der Waals surface area (Å²) in [5, 5.41) is 8.42. The van der Waals surface area contributed by atoms with Crippen LogP contribution in [-0.2, 0) is 0 Å². The second kappa shape index (κ2) is 3.71. The molecule has 4 rings (SSSR count). The van der Waals surface area contributed by atoms with Crippen molar-refractivity contribution in [3.05, 3.63) is 42.1 Å². The van der Waals surface area contributed by atoms with Crippen LogP contribution in [0.25, 0.3) is 17.0 Å². The Morgan fingerprint density at radius 2 is 1.95 bits per heavy atom. The highest BCUT2D eigenvalue weighted by molar-refractivity contribution is 5.64. The Morgan fingerprint density at radius 3 is 2.89 bits per heavy atom. The van der Waals surface area contributed by atoms with E-state index in [2.05, 4.69) is 10.2 Å². The topological polar surface area (TPSA) is 48.7 Å². The molecule has 0 aliphatic carbocycles. The molecule has 94 valence electrons. The predicted molar refractivity (Wildman–Crippen MR) is 69.3 cm³/mol. The van der Waals surface area contributed by atoms with Gasteiger partial charge in [0.1, 0.15) is 0 Å². The van der Waals surface area contributed by atoms with Crippen molar-refractivity contribution in [2.24, 2.45) is 0 Å². The fourth-order valence-electron chi connectivity index (χ4n) is 2.23. The minimum atomic E-state index is 0.276. The summed E-state index contributed by atoms with van der Waals surface area (Å²) in [7, 11) is 0. The maximum absolute atomic E-state index is 5.39. The molecule has 0 fully saturated rings. The zero-order valence-electron chi connectivity index (χ0n) is 10.3. The summed E-state index contributed by atoms with van der Waals surface area (Å²) < 4.78 is 12.7. The van der Waals surface area contributed by atoms with E-state index in [9.17, 15) is 0 Å². The van der Waals surface area contributed by atoms with Gasteiger partial charge < -0.3 is 9.47 Å². The van der Waals surface area contributed by atoms with E-state index in [-0.39, 0.29) is 6.79 Å². The van der Waals surface area contributed by atoms with Crippen LogP contribution in [0.2, 0.25) is 0 Å². The molecular formula is C14H11N3O2. The molecule has 1 aliphatic heterocycles. The Balaban J connectivity index is 1.92. The molecule has 0 spiro atoms. The van der Waals surface area contributed by atoms with Crippen molar-refractivity contribution in [1.29, 1.82) is 0 Å². The van der Waals surface area contributed by atoms with Crippen molar-refractivity contribution in [3.63, 3.8) is 0 Å². The maximum atomic E-state index is 5.39. The number of benzene rings is 1. The molecule has 1 aliphatic rings. The fraction of sp³-hybridized carbons (Fsp3) is 0.143. The van der Waals surface area contributed by atoms with Crippen molar-refractivity contribution >= 4 is 5.65 Å². The van der Waals surface area contributed by atoms with Gasteiger partial charge in [-0.2, -0.15) is 0 Å². The van der Waals surface area contributed by atoms with Crippen LogP contribution in [-0.4, -0.2) is 21.4 Å². The van der Waals surface area contributed by atoms with Gasteiger partial charge in [0, 0.05) is 11.8 Å². The lowest BCUT2D eigenvalue weighted by Crippen LogP contribution is -1.93. The van der Waals surface area contributed by atoms with Crippen molar-refractivity contribution < 1.29 is 9.47 Å². The van der Waals surface area contributed by atoms with Crippen molar-refractivity contribution in [1.82, 2.24) is 14.6 Å². The van der Waals surface area contributed by atoms with E-state index in [1.807, 2.05) is 47.9 Å². The number of aryl methyl sites for hydroxylation is 1. The summed E-state index contributed by atoms with van der Waals surface area (Å²) in [4.78, 5) is 0. The summed E-state index contributed by atoms with van der Waals surface area (Å²) in [6, 6.07) is 9.77. The standard InChI is InChI=1S/C14H11N3O2/c1-9-2-5-13-15-16-14(17(13)7-9)10-3-4-11-12(6-10)19-8-18-11/h2-7H,8H2,1H3. The fourth-order valence-corrected chi connectivity index (χ4v) is 2.23. The molecule has 0 atom stereocenters. The average Bonchev–Trinajstić information content (AvgIpc) is 3.03. The Kier molecular flexibility index (Phi) is 2.03. The van der Waals surface area contributed by atoms with E-state index in [1.54, 1.807) is 0 Å². The molecule has 3 heterocycles. The first-order valence-corrected chi connectivity index (χ1v) is 6.03. The molecule has 2 aromatic heterocycles. The van der Waals surface area contributed by atoms with E-state index < -0.39 is 0 Å². The van der Waals surface area contributed by atoms with Crippen LogP contribution in [0.15, 0.2) is 36.5 Å². The molecule has 1 aromatic carbocycles. The van der Waals surface area contributed by atoms with Gasteiger partial charge in [0.15, 0.2) is 23.0 Å². The molecule has 0 amide bonds. The zero-order chi connectivity index (χ0) is 12.8. The van der Waals surface area contributed by atoms with Crippen LogP contribution >= 0.6 is 0 Å². The molecule has 3 aromatic rings. The van der Waals surface area contributed by atoms with Gasteiger partial charge in [-0.3, -0.25) is 4.40 Å². The molecular weight excluding hydrogens is 242 g/mol. The number of rotatable bonds is 1. The second-order valence-corrected chi connectivity index (χ2v) is 4.53. The summed E-state index contributed by atoms with van der Waals surface area (Å²) in [6.45, 7) is 2.32. The third kappa shape index (κ3) is 1.55. The second-order valence-electron chi connectivity index (χ2n) is 4.53. The molecule has 0 saturated carbocycles. The molecule has 0 saturated heterocycles. The predicted octanol–water partition coefficient (Wildman–Crippen LogP) is 2.43. The van der Waals surface area contributed by atoms with E-state index in [0.29, 0.717) is 0 Å². The Bertz CT molecular complexity index is 779. The highest BCUT2D eigenvalue weighted by atomic mass is 16.7. The number of aromatic nitrogens is 3. The van der Waals surface area contributed by atoms with Crippen LogP contribution in [0.4, 0.5) is 0 Å². The van der Waals surface area contributed by atoms with E-state index >= 15 is 0 Å². The maximum Gasteiger partial charge on any atom is 0.231 e. The molecule has 19 heavy (non-hydrogen) atoms. The lowest BCUT2D eigenvalue weighted by molar-refractivity contribution is 0.174. The highest BCUT2D eigenvalue weighted by Gasteiger charge is 2.16. The summed E-state index contributed by atoms with van der Waals surface area (Å²) in [5.41, 5.74) is 2.95. The largest absolute Gasteiger partial charge is 0.454 e. The third-order valence-electron chi connectivity index (χ3n) is 3.18. The number of hydrogen-bond acceptors (Lipinski definition) is 4. The number of pyridine rings is 1. The SMILES string of the molecule is Cc1ccc2nnc(-c3ccc4c(c3)OCO4)n2c1. The minimum Gasteiger partial charge on any atom is -0.454 e. The van der Waals surface area contributed by atoms with E-state index in [1.165, 1.54) is 0 Å². The lowest BCUT2D eigenvalue weighted by Gasteiger charge is -2.02. The first kappa shape index (κ1) is 10.4. The van der Waals surface area contributed by atoms with Crippen LogP contribution in [0, 0.1) is 6.92 Å². The highest BCUT2D eigenvalue weighted by Crippen LogP contribution is 2.35. The first-order valence-electron chi connectivity index (χ1n) is 6.03. The van der Waals surface area contributed by atoms with Crippen LogP contribution in [0.5, 0.6) is 11.5 Å². The van der Waals surface area contributed by atoms with Crippen molar-refractivity contribution in [3.8, 4) is 22.9 Å². The van der Waals surface area contributed by atoms with Crippen LogP contribution < -0.4 is 9.47 Å².